The van der Waals surface area contributed by atoms with E-state index in [4.69, 9.17) is 15.2 Å². The number of hydrogen-bond acceptors (Lipinski definition) is 8. The predicted octanol–water partition coefficient (Wildman–Crippen LogP) is 3.32. The van der Waals surface area contributed by atoms with Crippen molar-refractivity contribution in [1.82, 2.24) is 15.3 Å². The second-order valence-corrected chi connectivity index (χ2v) is 8.26. The van der Waals surface area contributed by atoms with Gasteiger partial charge >= 0.3 is 0 Å². The van der Waals surface area contributed by atoms with Crippen LogP contribution in [-0.4, -0.2) is 35.8 Å². The molecule has 0 atom stereocenters. The Labute approximate surface area is 171 Å². The highest BCUT2D eigenvalue weighted by Crippen LogP contribution is 2.33. The van der Waals surface area contributed by atoms with Crippen molar-refractivity contribution in [3.63, 3.8) is 0 Å². The summed E-state index contributed by atoms with van der Waals surface area (Å²) < 4.78 is 10.5. The zero-order valence-electron chi connectivity index (χ0n) is 16.2. The molecule has 0 bridgehead atoms. The zero-order chi connectivity index (χ0) is 20.3. The molecule has 3 rings (SSSR count). The Kier molecular flexibility index (Phi) is 6.25. The third-order valence-electron chi connectivity index (χ3n) is 4.31. The number of aryl methyl sites for hydroxylation is 2. The monoisotopic (exact) mass is 418 g/mol. The number of ether oxygens (including phenoxy) is 2. The second-order valence-electron chi connectivity index (χ2n) is 6.11. The third-order valence-corrected chi connectivity index (χ3v) is 6.25. The van der Waals surface area contributed by atoms with E-state index >= 15 is 0 Å². The van der Waals surface area contributed by atoms with Crippen LogP contribution in [0.25, 0.3) is 10.2 Å². The van der Waals surface area contributed by atoms with E-state index in [1.54, 1.807) is 25.6 Å². The number of methoxy groups -OCH3 is 2. The van der Waals surface area contributed by atoms with Gasteiger partial charge in [0, 0.05) is 11.4 Å². The van der Waals surface area contributed by atoms with E-state index in [0.717, 1.165) is 21.3 Å². The summed E-state index contributed by atoms with van der Waals surface area (Å²) in [5.74, 6) is 1.84. The first kappa shape index (κ1) is 20.2. The number of rotatable bonds is 7. The Morgan fingerprint density at radius 2 is 1.96 bits per heavy atom. The van der Waals surface area contributed by atoms with E-state index in [-0.39, 0.29) is 11.7 Å². The lowest BCUT2D eigenvalue weighted by molar-refractivity contribution is -0.118. The number of nitrogens with one attached hydrogen (secondary N) is 1. The van der Waals surface area contributed by atoms with Gasteiger partial charge < -0.3 is 20.5 Å². The van der Waals surface area contributed by atoms with Crippen LogP contribution in [0, 0.1) is 13.8 Å². The maximum absolute atomic E-state index is 12.2. The molecule has 0 spiro atoms. The highest BCUT2D eigenvalue weighted by atomic mass is 32.2. The van der Waals surface area contributed by atoms with E-state index in [1.165, 1.54) is 16.6 Å². The number of nitrogens with two attached hydrogens (primary N) is 1. The molecule has 1 aromatic carbocycles. The van der Waals surface area contributed by atoms with Gasteiger partial charge in [0.05, 0.1) is 25.4 Å². The lowest BCUT2D eigenvalue weighted by Crippen LogP contribution is -2.24. The summed E-state index contributed by atoms with van der Waals surface area (Å²) in [5.41, 5.74) is 8.11. The molecule has 28 heavy (non-hydrogen) atoms. The molecular weight excluding hydrogens is 396 g/mol. The SMILES string of the molecule is COc1ccc(CNC(=O)CSc2nc(N)c3c(C)c(C)sc3n2)cc1OC. The molecule has 0 saturated carbocycles. The van der Waals surface area contributed by atoms with Crippen molar-refractivity contribution >= 4 is 45.0 Å². The number of carbonyl (C=O) groups excluding carboxylic acids is 1. The molecule has 0 saturated heterocycles. The predicted molar refractivity (Wildman–Crippen MR) is 113 cm³/mol. The molecule has 3 N–H and O–H groups in total. The Morgan fingerprint density at radius 1 is 1.21 bits per heavy atom. The molecule has 0 aliphatic rings. The molecular formula is C19H22N4O3S2. The molecule has 9 heteroatoms. The summed E-state index contributed by atoms with van der Waals surface area (Å²) in [5, 5.41) is 4.30. The van der Waals surface area contributed by atoms with Crippen molar-refractivity contribution in [2.24, 2.45) is 0 Å². The number of carbonyl (C=O) groups is 1. The van der Waals surface area contributed by atoms with Crippen LogP contribution in [0.1, 0.15) is 16.0 Å². The quantitative estimate of drug-likeness (QED) is 0.448. The third kappa shape index (κ3) is 4.31. The van der Waals surface area contributed by atoms with Gasteiger partial charge in [0.15, 0.2) is 16.7 Å². The van der Waals surface area contributed by atoms with Crippen LogP contribution in [0.2, 0.25) is 0 Å². The maximum Gasteiger partial charge on any atom is 0.230 e. The number of aromatic nitrogens is 2. The van der Waals surface area contributed by atoms with Crippen LogP contribution in [-0.2, 0) is 11.3 Å². The summed E-state index contributed by atoms with van der Waals surface area (Å²) in [6.45, 7) is 4.45. The molecule has 0 unspecified atom stereocenters. The summed E-state index contributed by atoms with van der Waals surface area (Å²) >= 11 is 2.86. The van der Waals surface area contributed by atoms with Gasteiger partial charge in [-0.05, 0) is 37.1 Å². The minimum absolute atomic E-state index is 0.111. The Hall–Kier alpha value is -2.52. The number of thiophene rings is 1. The van der Waals surface area contributed by atoms with Crippen LogP contribution in [0.4, 0.5) is 5.82 Å². The fourth-order valence-electron chi connectivity index (χ4n) is 2.70. The van der Waals surface area contributed by atoms with Gasteiger partial charge in [-0.15, -0.1) is 11.3 Å². The fourth-order valence-corrected chi connectivity index (χ4v) is 4.47. The topological polar surface area (TPSA) is 99.4 Å². The number of thioether (sulfide) groups is 1. The van der Waals surface area contributed by atoms with E-state index < -0.39 is 0 Å². The van der Waals surface area contributed by atoms with Gasteiger partial charge in [-0.2, -0.15) is 0 Å². The smallest absolute Gasteiger partial charge is 0.230 e. The first-order chi connectivity index (χ1) is 13.4. The number of nitrogens with zero attached hydrogens (tertiary/aromatic N) is 2. The average Bonchev–Trinajstić information content (AvgIpc) is 2.98. The lowest BCUT2D eigenvalue weighted by Gasteiger charge is -2.10. The van der Waals surface area contributed by atoms with E-state index in [1.807, 2.05) is 32.0 Å². The maximum atomic E-state index is 12.2. The van der Waals surface area contributed by atoms with Gasteiger partial charge in [0.1, 0.15) is 10.6 Å². The standard InChI is InChI=1S/C19H22N4O3S2/c1-10-11(2)28-18-16(10)17(20)22-19(23-18)27-9-15(24)21-8-12-5-6-13(25-3)14(7-12)26-4/h5-7H,8-9H2,1-4H3,(H,21,24)(H2,20,22,23). The Bertz CT molecular complexity index is 1020. The van der Waals surface area contributed by atoms with Crippen LogP contribution in [0.3, 0.4) is 0 Å². The molecule has 2 aromatic heterocycles. The molecule has 1 amide bonds. The molecule has 0 aliphatic carbocycles. The molecule has 148 valence electrons. The van der Waals surface area contributed by atoms with Crippen molar-refractivity contribution in [3.8, 4) is 11.5 Å². The zero-order valence-corrected chi connectivity index (χ0v) is 17.8. The first-order valence-corrected chi connectivity index (χ1v) is 10.4. The van der Waals surface area contributed by atoms with Crippen molar-refractivity contribution < 1.29 is 14.3 Å². The number of fused-ring (bicyclic) bond motifs is 1. The molecule has 0 aliphatic heterocycles. The average molecular weight is 419 g/mol. The highest BCUT2D eigenvalue weighted by Gasteiger charge is 2.14. The first-order valence-electron chi connectivity index (χ1n) is 8.56. The second kappa shape index (κ2) is 8.66. The molecule has 0 fully saturated rings. The van der Waals surface area contributed by atoms with Crippen LogP contribution < -0.4 is 20.5 Å². The Balaban J connectivity index is 1.59. The normalized spacial score (nSPS) is 10.9. The fraction of sp³-hybridized carbons (Fsp3) is 0.316. The van der Waals surface area contributed by atoms with E-state index in [2.05, 4.69) is 15.3 Å². The summed E-state index contributed by atoms with van der Waals surface area (Å²) in [6.07, 6.45) is 0. The number of hydrogen-bond donors (Lipinski definition) is 2. The molecule has 0 radical (unpaired) electrons. The number of benzene rings is 1. The number of nitrogen functional groups attached to an aromatic ring is 1. The van der Waals surface area contributed by atoms with Crippen LogP contribution in [0.5, 0.6) is 11.5 Å². The number of anilines is 1. The summed E-state index contributed by atoms with van der Waals surface area (Å²) in [4.78, 5) is 23.1. The van der Waals surface area contributed by atoms with Gasteiger partial charge in [-0.3, -0.25) is 4.79 Å². The summed E-state index contributed by atoms with van der Waals surface area (Å²) in [7, 11) is 3.16. The van der Waals surface area contributed by atoms with Crippen molar-refractivity contribution in [2.45, 2.75) is 25.5 Å². The van der Waals surface area contributed by atoms with Crippen LogP contribution in [0.15, 0.2) is 23.4 Å². The van der Waals surface area contributed by atoms with E-state index in [9.17, 15) is 4.79 Å². The minimum Gasteiger partial charge on any atom is -0.493 e. The van der Waals surface area contributed by atoms with Gasteiger partial charge in [-0.25, -0.2) is 9.97 Å². The molecule has 3 aromatic rings. The van der Waals surface area contributed by atoms with Crippen molar-refractivity contribution in [2.75, 3.05) is 25.7 Å². The number of amides is 1. The Morgan fingerprint density at radius 3 is 2.68 bits per heavy atom. The lowest BCUT2D eigenvalue weighted by atomic mass is 10.2. The van der Waals surface area contributed by atoms with Gasteiger partial charge in [0.25, 0.3) is 0 Å². The molecule has 7 nitrogen and oxygen atoms in total. The van der Waals surface area contributed by atoms with Crippen LogP contribution >= 0.6 is 23.1 Å². The van der Waals surface area contributed by atoms with E-state index in [0.29, 0.717) is 29.0 Å². The van der Waals surface area contributed by atoms with Crippen molar-refractivity contribution in [1.29, 1.82) is 0 Å². The van der Waals surface area contributed by atoms with Crippen molar-refractivity contribution in [3.05, 3.63) is 34.2 Å². The molecule has 2 heterocycles. The van der Waals surface area contributed by atoms with Gasteiger partial charge in [0.2, 0.25) is 5.91 Å². The summed E-state index contributed by atoms with van der Waals surface area (Å²) in [6, 6.07) is 5.53. The highest BCUT2D eigenvalue weighted by molar-refractivity contribution is 7.99. The largest absolute Gasteiger partial charge is 0.493 e. The van der Waals surface area contributed by atoms with Gasteiger partial charge in [-0.1, -0.05) is 17.8 Å². The minimum atomic E-state index is -0.111.